The summed E-state index contributed by atoms with van der Waals surface area (Å²) in [6, 6.07) is 13.0. The normalized spacial score (nSPS) is 18.0. The van der Waals surface area contributed by atoms with Crippen molar-refractivity contribution in [3.05, 3.63) is 160 Å². The van der Waals surface area contributed by atoms with E-state index in [1.54, 1.807) is 0 Å². The van der Waals surface area contributed by atoms with Gasteiger partial charge in [-0.05, 0) is 84.4 Å². The third-order valence-corrected chi connectivity index (χ3v) is 15.5. The minimum absolute atomic E-state index is 0.0616. The van der Waals surface area contributed by atoms with E-state index in [9.17, 15) is 79.1 Å². The Morgan fingerprint density at radius 1 is 0.590 bits per heavy atom. The molecule has 0 bridgehead atoms. The van der Waals surface area contributed by atoms with Crippen molar-refractivity contribution in [3.63, 3.8) is 0 Å². The van der Waals surface area contributed by atoms with Crippen molar-refractivity contribution in [1.29, 1.82) is 0 Å². The summed E-state index contributed by atoms with van der Waals surface area (Å²) in [4.78, 5) is 37.1. The van der Waals surface area contributed by atoms with E-state index >= 15 is 0 Å². The summed E-state index contributed by atoms with van der Waals surface area (Å²) in [6.45, 7) is -1.67. The third kappa shape index (κ3) is 15.4. The molecule has 16 nitrogen and oxygen atoms in total. The topological polar surface area (TPSA) is 225 Å². The average molecular weight is 1210 g/mol. The number of hydrogen-bond donors (Lipinski definition) is 4. The largest absolute Gasteiger partial charge is 0.491 e. The van der Waals surface area contributed by atoms with Crippen LogP contribution < -0.4 is 16.1 Å². The molecule has 0 saturated carbocycles. The van der Waals surface area contributed by atoms with Crippen LogP contribution in [0, 0.1) is 23.3 Å². The number of nitrogens with one attached hydrogen (secondary N) is 2. The van der Waals surface area contributed by atoms with Crippen LogP contribution in [-0.4, -0.2) is 112 Å². The fraction of sp³-hybridized carbons (Fsp3) is 0.261. The molecule has 2 aliphatic rings. The first-order valence-electron chi connectivity index (χ1n) is 22.2. The summed E-state index contributed by atoms with van der Waals surface area (Å²) < 4.78 is 210. The van der Waals surface area contributed by atoms with Gasteiger partial charge in [-0.25, -0.2) is 63.1 Å². The fourth-order valence-corrected chi connectivity index (χ4v) is 11.1. The Labute approximate surface area is 444 Å². The second-order valence-corrected chi connectivity index (χ2v) is 21.4. The van der Waals surface area contributed by atoms with Gasteiger partial charge in [0.15, 0.2) is 0 Å². The number of halogens is 13. The summed E-state index contributed by atoms with van der Waals surface area (Å²) in [5.41, 5.74) is 0.379. The third-order valence-electron chi connectivity index (χ3n) is 11.3. The molecule has 6 aromatic rings. The SMILES string of the molecule is O=C(NCc1cc(-c2cnc(C(F)(F)F)nc2)ccc1F)[C@@H]1C[C@@H](F)CN1S(=O)(=O)c1ccc(F)cc1.O=C(NCc1cc(Br)ccc1F)[C@@H]1C[C@@H](F)CN1S(=O)(=O)c1ccc(F)cc1.OB(O)c1cnc(C(F)(F)F)nc1. The lowest BCUT2D eigenvalue weighted by molar-refractivity contribution is -0.145. The van der Waals surface area contributed by atoms with Crippen molar-refractivity contribution in [3.8, 4) is 11.1 Å². The van der Waals surface area contributed by atoms with E-state index < -0.39 is 137 Å². The monoisotopic (exact) mass is 1210 g/mol. The number of amides is 2. The molecule has 416 valence electrons. The molecule has 78 heavy (non-hydrogen) atoms. The average Bonchev–Trinajstić information content (AvgIpc) is 4.02. The second kappa shape index (κ2) is 25.0. The molecule has 0 spiro atoms. The van der Waals surface area contributed by atoms with Crippen LogP contribution in [0.1, 0.15) is 35.6 Å². The molecule has 4 atom stereocenters. The van der Waals surface area contributed by atoms with Gasteiger partial charge in [-0.3, -0.25) is 9.59 Å². The zero-order valence-electron chi connectivity index (χ0n) is 39.3. The second-order valence-electron chi connectivity index (χ2n) is 16.7. The molecule has 4 N–H and O–H groups in total. The van der Waals surface area contributed by atoms with E-state index in [-0.39, 0.29) is 50.5 Å². The van der Waals surface area contributed by atoms with E-state index in [0.717, 1.165) is 71.3 Å². The van der Waals surface area contributed by atoms with Gasteiger partial charge in [-0.2, -0.15) is 35.0 Å². The van der Waals surface area contributed by atoms with Crippen LogP contribution in [-0.2, 0) is 55.1 Å². The van der Waals surface area contributed by atoms with Crippen molar-refractivity contribution >= 4 is 60.4 Å². The molecule has 2 aliphatic heterocycles. The van der Waals surface area contributed by atoms with Gasteiger partial charge in [0.25, 0.3) is 0 Å². The molecule has 8 rings (SSSR count). The summed E-state index contributed by atoms with van der Waals surface area (Å²) in [6.07, 6.45) is -9.98. The summed E-state index contributed by atoms with van der Waals surface area (Å²) in [7, 11) is -10.4. The molecule has 2 fully saturated rings. The number of rotatable bonds is 12. The molecule has 4 heterocycles. The predicted molar refractivity (Wildman–Crippen MR) is 254 cm³/mol. The van der Waals surface area contributed by atoms with Crippen LogP contribution >= 0.6 is 15.9 Å². The Kier molecular flexibility index (Phi) is 19.5. The van der Waals surface area contributed by atoms with Gasteiger partial charge in [-0.15, -0.1) is 0 Å². The Balaban J connectivity index is 0.000000211. The lowest BCUT2D eigenvalue weighted by Crippen LogP contribution is -2.45. The fourth-order valence-electron chi connectivity index (χ4n) is 7.41. The lowest BCUT2D eigenvalue weighted by atomic mass is 9.83. The number of nitrogens with zero attached hydrogens (tertiary/aromatic N) is 6. The molecule has 0 radical (unpaired) electrons. The molecular weight excluding hydrogens is 1180 g/mol. The smallest absolute Gasteiger partial charge is 0.423 e. The first-order chi connectivity index (χ1) is 36.4. The number of sulfonamides is 2. The maximum absolute atomic E-state index is 14.4. The number of alkyl halides is 8. The number of carbonyl (C=O) groups is 2. The number of benzene rings is 4. The Bertz CT molecular complexity index is 3310. The van der Waals surface area contributed by atoms with E-state index in [1.807, 2.05) is 0 Å². The van der Waals surface area contributed by atoms with E-state index in [4.69, 9.17) is 10.0 Å². The molecule has 4 aromatic carbocycles. The summed E-state index contributed by atoms with van der Waals surface area (Å²) in [5.74, 6) is -6.83. The van der Waals surface area contributed by atoms with Gasteiger partial charge in [0, 0.05) is 90.4 Å². The minimum Gasteiger partial charge on any atom is -0.423 e. The zero-order chi connectivity index (χ0) is 57.5. The standard InChI is InChI=1S/C23H18F6N4O3S.C18H16BrF3N2O3S.C5H4BF3N2O2/c24-16-2-4-18(5-3-16)37(35,36)33-12-17(25)8-20(33)21(34)30-9-14-7-13(1-6-19(14)26)15-10-31-22(32-11-15)23(27,28)29;19-12-1-6-16(22)11(7-12)9-23-18(25)17-8-14(21)10-24(17)28(26,27)15-4-2-13(20)3-5-15;7-5(8,9)4-10-1-3(2-11-4)6(12)13/h1-7,10-11,17,20H,8-9,12H2,(H,30,34);1-7,14,17H,8-10H2,(H,23,25);1-2,12-13H/t17-,20+;14-,17+;/m11./s1. The first kappa shape index (κ1) is 60.7. The Hall–Kier alpha value is -6.58. The number of aromatic nitrogens is 4. The van der Waals surface area contributed by atoms with Gasteiger partial charge in [0.1, 0.15) is 47.7 Å². The Morgan fingerprint density at radius 3 is 1.37 bits per heavy atom. The first-order valence-corrected chi connectivity index (χ1v) is 25.9. The van der Waals surface area contributed by atoms with Crippen LogP contribution in [0.2, 0.25) is 0 Å². The van der Waals surface area contributed by atoms with Crippen LogP contribution in [0.15, 0.2) is 124 Å². The highest BCUT2D eigenvalue weighted by atomic mass is 79.9. The van der Waals surface area contributed by atoms with Crippen molar-refractivity contribution in [2.45, 2.75) is 72.5 Å². The minimum atomic E-state index is -4.73. The molecular formula is C46H38BBrF12N8O8S2. The van der Waals surface area contributed by atoms with Crippen molar-refractivity contribution in [1.82, 2.24) is 39.2 Å². The molecule has 2 saturated heterocycles. The van der Waals surface area contributed by atoms with Crippen LogP contribution in [0.25, 0.3) is 11.1 Å². The van der Waals surface area contributed by atoms with E-state index in [0.29, 0.717) is 21.2 Å². The van der Waals surface area contributed by atoms with E-state index in [2.05, 4.69) is 46.5 Å². The van der Waals surface area contributed by atoms with Crippen molar-refractivity contribution < 1.29 is 89.2 Å². The maximum atomic E-state index is 14.4. The molecule has 2 aromatic heterocycles. The summed E-state index contributed by atoms with van der Waals surface area (Å²) in [5, 5.41) is 21.9. The predicted octanol–water partition coefficient (Wildman–Crippen LogP) is 6.18. The summed E-state index contributed by atoms with van der Waals surface area (Å²) >= 11 is 3.20. The highest BCUT2D eigenvalue weighted by molar-refractivity contribution is 9.10. The highest BCUT2D eigenvalue weighted by Gasteiger charge is 2.46. The quantitative estimate of drug-likeness (QED) is 0.0797. The van der Waals surface area contributed by atoms with Gasteiger partial charge in [-0.1, -0.05) is 22.0 Å². The van der Waals surface area contributed by atoms with Crippen molar-refractivity contribution in [2.75, 3.05) is 13.1 Å². The number of carbonyl (C=O) groups excluding carboxylic acids is 2. The molecule has 0 unspecified atom stereocenters. The maximum Gasteiger partial charge on any atom is 0.491 e. The van der Waals surface area contributed by atoms with Gasteiger partial charge in [0.2, 0.25) is 43.5 Å². The zero-order valence-corrected chi connectivity index (χ0v) is 42.5. The van der Waals surface area contributed by atoms with E-state index in [1.165, 1.54) is 30.3 Å². The van der Waals surface area contributed by atoms with Crippen LogP contribution in [0.5, 0.6) is 0 Å². The molecule has 0 aliphatic carbocycles. The van der Waals surface area contributed by atoms with Crippen LogP contribution in [0.4, 0.5) is 52.7 Å². The molecule has 2 amide bonds. The van der Waals surface area contributed by atoms with Crippen LogP contribution in [0.3, 0.4) is 0 Å². The van der Waals surface area contributed by atoms with Crippen molar-refractivity contribution in [2.24, 2.45) is 0 Å². The van der Waals surface area contributed by atoms with Gasteiger partial charge in [0.05, 0.1) is 9.79 Å². The Morgan fingerprint density at radius 2 is 0.974 bits per heavy atom. The van der Waals surface area contributed by atoms with Gasteiger partial charge < -0.3 is 20.7 Å². The van der Waals surface area contributed by atoms with Gasteiger partial charge >= 0.3 is 19.5 Å². The number of hydrogen-bond acceptors (Lipinski definition) is 12. The highest BCUT2D eigenvalue weighted by Crippen LogP contribution is 2.32. The lowest BCUT2D eigenvalue weighted by Gasteiger charge is -2.23. The molecule has 32 heteroatoms.